The molecular weight excluding hydrogens is 407 g/mol. The highest BCUT2D eigenvalue weighted by atomic mass is 35.5. The molecule has 152 valence electrons. The van der Waals surface area contributed by atoms with Gasteiger partial charge in [0, 0.05) is 11.6 Å². The molecule has 0 radical (unpaired) electrons. The molecule has 1 heterocycles. The second kappa shape index (κ2) is 8.24. The summed E-state index contributed by atoms with van der Waals surface area (Å²) < 4.78 is 39.9. The normalized spacial score (nSPS) is 11.6. The highest BCUT2D eigenvalue weighted by molar-refractivity contribution is 6.31. The van der Waals surface area contributed by atoms with Gasteiger partial charge in [-0.2, -0.15) is 13.2 Å². The van der Waals surface area contributed by atoms with E-state index in [1.54, 1.807) is 13.0 Å². The van der Waals surface area contributed by atoms with E-state index in [0.29, 0.717) is 22.3 Å². The van der Waals surface area contributed by atoms with Gasteiger partial charge in [0.15, 0.2) is 0 Å². The van der Waals surface area contributed by atoms with Gasteiger partial charge in [-0.05, 0) is 36.8 Å². The molecule has 1 aromatic heterocycles. The number of H-pyrrole nitrogens is 1. The summed E-state index contributed by atoms with van der Waals surface area (Å²) in [5.74, 6) is -0.621. The average Bonchev–Trinajstić information content (AvgIpc) is 2.66. The lowest BCUT2D eigenvalue weighted by molar-refractivity contribution is -0.138. The summed E-state index contributed by atoms with van der Waals surface area (Å²) in [6.07, 6.45) is -4.14. The minimum absolute atomic E-state index is 0.142. The van der Waals surface area contributed by atoms with E-state index in [9.17, 15) is 22.8 Å². The molecule has 2 aromatic carbocycles. The van der Waals surface area contributed by atoms with Crippen molar-refractivity contribution in [3.8, 4) is 0 Å². The van der Waals surface area contributed by atoms with Gasteiger partial charge in [0.25, 0.3) is 11.5 Å². The Hall–Kier alpha value is -2.87. The number of hydrogen-bond acceptors (Lipinski definition) is 3. The Labute approximate surface area is 169 Å². The van der Waals surface area contributed by atoms with Crippen LogP contribution in [0.5, 0.6) is 0 Å². The number of benzene rings is 2. The van der Waals surface area contributed by atoms with Crippen molar-refractivity contribution in [1.82, 2.24) is 14.9 Å². The summed E-state index contributed by atoms with van der Waals surface area (Å²) in [6, 6.07) is 9.23. The Bertz CT molecular complexity index is 1110. The van der Waals surface area contributed by atoms with E-state index >= 15 is 0 Å². The van der Waals surface area contributed by atoms with Crippen molar-refractivity contribution in [3.05, 3.63) is 74.8 Å². The summed E-state index contributed by atoms with van der Waals surface area (Å²) >= 11 is 5.95. The summed E-state index contributed by atoms with van der Waals surface area (Å²) in [5, 5.41) is 0.719. The molecule has 0 spiro atoms. The molecule has 3 rings (SSSR count). The summed E-state index contributed by atoms with van der Waals surface area (Å²) in [6.45, 7) is 1.85. The number of nitrogens with zero attached hydrogens (tertiary/aromatic N) is 2. The number of aromatic amines is 1. The van der Waals surface area contributed by atoms with Gasteiger partial charge in [0.1, 0.15) is 5.82 Å². The number of amides is 1. The van der Waals surface area contributed by atoms with Crippen molar-refractivity contribution in [2.24, 2.45) is 0 Å². The van der Waals surface area contributed by atoms with Gasteiger partial charge in [-0.3, -0.25) is 9.59 Å². The summed E-state index contributed by atoms with van der Waals surface area (Å²) in [4.78, 5) is 33.3. The fourth-order valence-electron chi connectivity index (χ4n) is 3.03. The quantitative estimate of drug-likeness (QED) is 0.649. The zero-order valence-corrected chi connectivity index (χ0v) is 16.1. The molecule has 0 saturated carbocycles. The van der Waals surface area contributed by atoms with Gasteiger partial charge in [0.05, 0.1) is 28.6 Å². The number of halogens is 4. The summed E-state index contributed by atoms with van der Waals surface area (Å²) in [7, 11) is 0. The van der Waals surface area contributed by atoms with Crippen LogP contribution in [-0.2, 0) is 12.7 Å². The van der Waals surface area contributed by atoms with Crippen molar-refractivity contribution < 1.29 is 18.0 Å². The van der Waals surface area contributed by atoms with Gasteiger partial charge < -0.3 is 9.88 Å². The fourth-order valence-corrected chi connectivity index (χ4v) is 3.19. The van der Waals surface area contributed by atoms with Crippen molar-refractivity contribution in [2.75, 3.05) is 6.54 Å². The first-order valence-corrected chi connectivity index (χ1v) is 9.22. The molecule has 1 amide bonds. The van der Waals surface area contributed by atoms with E-state index in [2.05, 4.69) is 9.97 Å². The molecule has 0 aliphatic rings. The molecule has 0 fully saturated rings. The van der Waals surface area contributed by atoms with Gasteiger partial charge in [-0.1, -0.05) is 30.7 Å². The first kappa shape index (κ1) is 20.9. The molecule has 5 nitrogen and oxygen atoms in total. The van der Waals surface area contributed by atoms with Crippen molar-refractivity contribution in [1.29, 1.82) is 0 Å². The Morgan fingerprint density at radius 3 is 2.62 bits per heavy atom. The van der Waals surface area contributed by atoms with E-state index in [1.807, 2.05) is 0 Å². The van der Waals surface area contributed by atoms with Gasteiger partial charge in [-0.25, -0.2) is 4.98 Å². The SMILES string of the molecule is CCCN(Cc1nc2cc(Cl)ccc2c(=O)[nH]1)C(=O)c1ccccc1C(F)(F)F. The number of nitrogens with one attached hydrogen (secondary N) is 1. The maximum absolute atomic E-state index is 13.3. The maximum atomic E-state index is 13.3. The van der Waals surface area contributed by atoms with Crippen LogP contribution in [0.1, 0.15) is 35.1 Å². The topological polar surface area (TPSA) is 66.1 Å². The van der Waals surface area contributed by atoms with Crippen LogP contribution >= 0.6 is 11.6 Å². The standard InChI is InChI=1S/C20H17ClF3N3O2/c1-2-9-27(19(29)13-5-3-4-6-15(13)20(22,23)24)11-17-25-16-10-12(21)7-8-14(16)18(28)26-17/h3-8,10H,2,9,11H2,1H3,(H,25,26,28). The minimum atomic E-state index is -4.66. The molecule has 3 aromatic rings. The Balaban J connectivity index is 1.99. The van der Waals surface area contributed by atoms with Gasteiger partial charge >= 0.3 is 6.18 Å². The van der Waals surface area contributed by atoms with Crippen LogP contribution in [0.4, 0.5) is 13.2 Å². The lowest BCUT2D eigenvalue weighted by atomic mass is 10.1. The molecule has 9 heteroatoms. The number of hydrogen-bond donors (Lipinski definition) is 1. The highest BCUT2D eigenvalue weighted by Crippen LogP contribution is 2.32. The fraction of sp³-hybridized carbons (Fsp3) is 0.250. The Kier molecular flexibility index (Phi) is 5.93. The number of alkyl halides is 3. The largest absolute Gasteiger partial charge is 0.417 e. The zero-order valence-electron chi connectivity index (χ0n) is 15.4. The molecular formula is C20H17ClF3N3O2. The first-order chi connectivity index (χ1) is 13.7. The predicted octanol–water partition coefficient (Wildman–Crippen LogP) is 4.65. The van der Waals surface area contributed by atoms with E-state index in [1.165, 1.54) is 29.2 Å². The third-order valence-corrected chi connectivity index (χ3v) is 4.54. The van der Waals surface area contributed by atoms with Crippen molar-refractivity contribution >= 4 is 28.4 Å². The second-order valence-electron chi connectivity index (χ2n) is 6.44. The van der Waals surface area contributed by atoms with Crippen molar-refractivity contribution in [2.45, 2.75) is 26.1 Å². The van der Waals surface area contributed by atoms with Gasteiger partial charge in [0.2, 0.25) is 0 Å². The Morgan fingerprint density at radius 1 is 1.21 bits per heavy atom. The van der Waals surface area contributed by atoms with Crippen LogP contribution < -0.4 is 5.56 Å². The number of fused-ring (bicyclic) bond motifs is 1. The predicted molar refractivity (Wildman–Crippen MR) is 104 cm³/mol. The highest BCUT2D eigenvalue weighted by Gasteiger charge is 2.35. The smallest absolute Gasteiger partial charge is 0.331 e. The van der Waals surface area contributed by atoms with Crippen LogP contribution in [0, 0.1) is 0 Å². The zero-order chi connectivity index (χ0) is 21.2. The number of carbonyl (C=O) groups is 1. The first-order valence-electron chi connectivity index (χ1n) is 8.84. The van der Waals surface area contributed by atoms with E-state index in [4.69, 9.17) is 11.6 Å². The number of aromatic nitrogens is 2. The lowest BCUT2D eigenvalue weighted by Gasteiger charge is -2.23. The molecule has 1 N–H and O–H groups in total. The molecule has 29 heavy (non-hydrogen) atoms. The van der Waals surface area contributed by atoms with Gasteiger partial charge in [-0.15, -0.1) is 0 Å². The molecule has 0 bridgehead atoms. The third-order valence-electron chi connectivity index (χ3n) is 4.30. The number of carbonyl (C=O) groups excluding carboxylic acids is 1. The van der Waals surface area contributed by atoms with Crippen LogP contribution in [0.15, 0.2) is 47.3 Å². The van der Waals surface area contributed by atoms with Crippen LogP contribution in [0.3, 0.4) is 0 Å². The maximum Gasteiger partial charge on any atom is 0.417 e. The van der Waals surface area contributed by atoms with E-state index < -0.39 is 28.8 Å². The van der Waals surface area contributed by atoms with Crippen LogP contribution in [0.2, 0.25) is 5.02 Å². The molecule has 0 aliphatic heterocycles. The second-order valence-corrected chi connectivity index (χ2v) is 6.88. The lowest BCUT2D eigenvalue weighted by Crippen LogP contribution is -2.34. The van der Waals surface area contributed by atoms with Crippen molar-refractivity contribution in [3.63, 3.8) is 0 Å². The molecule has 0 atom stereocenters. The number of rotatable bonds is 5. The van der Waals surface area contributed by atoms with E-state index in [0.717, 1.165) is 12.1 Å². The molecule has 0 aliphatic carbocycles. The third kappa shape index (κ3) is 4.59. The molecule has 0 unspecified atom stereocenters. The van der Waals surface area contributed by atoms with Crippen LogP contribution in [-0.4, -0.2) is 27.3 Å². The molecule has 0 saturated heterocycles. The Morgan fingerprint density at radius 2 is 1.93 bits per heavy atom. The monoisotopic (exact) mass is 423 g/mol. The minimum Gasteiger partial charge on any atom is -0.331 e. The average molecular weight is 424 g/mol. The summed E-state index contributed by atoms with van der Waals surface area (Å²) in [5.41, 5.74) is -1.52. The van der Waals surface area contributed by atoms with E-state index in [-0.39, 0.29) is 18.9 Å². The van der Waals surface area contributed by atoms with Crippen LogP contribution in [0.25, 0.3) is 10.9 Å².